The normalized spacial score (nSPS) is 18.2. The molecule has 96 valence electrons. The Hall–Kier alpha value is -1.41. The van der Waals surface area contributed by atoms with E-state index in [-0.39, 0.29) is 6.04 Å². The van der Waals surface area contributed by atoms with Gasteiger partial charge in [0, 0.05) is 33.3 Å². The highest BCUT2D eigenvalue weighted by atomic mass is 16.5. The summed E-state index contributed by atoms with van der Waals surface area (Å²) in [7, 11) is 1.68. The number of piperazine rings is 1. The van der Waals surface area contributed by atoms with E-state index in [1.54, 1.807) is 7.11 Å². The number of nitrogens with zero attached hydrogens (tertiary/aromatic N) is 2. The minimum Gasteiger partial charge on any atom is -0.380 e. The molecule has 4 heteroatoms. The fourth-order valence-corrected chi connectivity index (χ4v) is 2.38. The van der Waals surface area contributed by atoms with Crippen LogP contribution in [0.3, 0.4) is 0 Å². The van der Waals surface area contributed by atoms with Crippen LogP contribution < -0.4 is 5.32 Å². The summed E-state index contributed by atoms with van der Waals surface area (Å²) in [5, 5.41) is 12.8. The fourth-order valence-electron chi connectivity index (χ4n) is 2.38. The van der Waals surface area contributed by atoms with Crippen molar-refractivity contribution in [2.24, 2.45) is 0 Å². The maximum atomic E-state index is 9.47. The van der Waals surface area contributed by atoms with E-state index in [9.17, 15) is 5.26 Å². The second-order valence-corrected chi connectivity index (χ2v) is 4.45. The van der Waals surface area contributed by atoms with Gasteiger partial charge in [-0.3, -0.25) is 4.90 Å². The molecule has 1 N–H and O–H groups in total. The van der Waals surface area contributed by atoms with E-state index in [0.717, 1.165) is 37.3 Å². The molecular weight excluding hydrogens is 226 g/mol. The first-order valence-corrected chi connectivity index (χ1v) is 6.28. The van der Waals surface area contributed by atoms with Crippen molar-refractivity contribution in [1.82, 2.24) is 10.2 Å². The van der Waals surface area contributed by atoms with Crippen molar-refractivity contribution in [3.63, 3.8) is 0 Å². The summed E-state index contributed by atoms with van der Waals surface area (Å²) >= 11 is 0. The summed E-state index contributed by atoms with van der Waals surface area (Å²) < 4.78 is 5.21. The predicted octanol–water partition coefficient (Wildman–Crippen LogP) is 1.30. The van der Waals surface area contributed by atoms with Gasteiger partial charge in [-0.25, -0.2) is 0 Å². The van der Waals surface area contributed by atoms with Crippen LogP contribution in [0, 0.1) is 11.3 Å². The highest BCUT2D eigenvalue weighted by Crippen LogP contribution is 2.24. The third-order valence-corrected chi connectivity index (χ3v) is 3.29. The topological polar surface area (TPSA) is 48.3 Å². The second kappa shape index (κ2) is 6.50. The molecule has 0 aromatic heterocycles. The van der Waals surface area contributed by atoms with Crippen molar-refractivity contribution < 1.29 is 4.74 Å². The summed E-state index contributed by atoms with van der Waals surface area (Å²) in [4.78, 5) is 2.23. The van der Waals surface area contributed by atoms with Crippen molar-refractivity contribution in [3.05, 3.63) is 35.4 Å². The lowest BCUT2D eigenvalue weighted by atomic mass is 10.00. The van der Waals surface area contributed by atoms with Crippen LogP contribution in [-0.2, 0) is 11.3 Å². The minimum absolute atomic E-state index is 0.168. The Morgan fingerprint density at radius 3 is 2.78 bits per heavy atom. The maximum Gasteiger partial charge on any atom is 0.124 e. The van der Waals surface area contributed by atoms with Crippen molar-refractivity contribution in [2.75, 3.05) is 33.3 Å². The molecule has 2 rings (SSSR count). The number of hydrogen-bond acceptors (Lipinski definition) is 4. The highest BCUT2D eigenvalue weighted by Gasteiger charge is 2.23. The molecule has 0 bridgehead atoms. The Bertz CT molecular complexity index is 421. The molecule has 4 nitrogen and oxygen atoms in total. The molecule has 1 aromatic rings. The largest absolute Gasteiger partial charge is 0.380 e. The van der Waals surface area contributed by atoms with Crippen LogP contribution in [0.2, 0.25) is 0 Å². The summed E-state index contributed by atoms with van der Waals surface area (Å²) in [5.41, 5.74) is 2.17. The molecule has 0 amide bonds. The molecule has 1 aliphatic heterocycles. The van der Waals surface area contributed by atoms with Crippen LogP contribution in [-0.4, -0.2) is 38.2 Å². The van der Waals surface area contributed by atoms with Gasteiger partial charge in [0.25, 0.3) is 0 Å². The maximum absolute atomic E-state index is 9.47. The molecule has 18 heavy (non-hydrogen) atoms. The van der Waals surface area contributed by atoms with Crippen molar-refractivity contribution in [2.45, 2.75) is 12.6 Å². The Balaban J connectivity index is 2.23. The van der Waals surface area contributed by atoms with E-state index in [2.05, 4.69) is 16.3 Å². The van der Waals surface area contributed by atoms with E-state index >= 15 is 0 Å². The van der Waals surface area contributed by atoms with Gasteiger partial charge in [0.2, 0.25) is 0 Å². The van der Waals surface area contributed by atoms with Crippen molar-refractivity contribution in [3.8, 4) is 6.07 Å². The monoisotopic (exact) mass is 245 g/mol. The van der Waals surface area contributed by atoms with Crippen LogP contribution >= 0.6 is 0 Å². The van der Waals surface area contributed by atoms with Gasteiger partial charge in [0.15, 0.2) is 0 Å². The first-order chi connectivity index (χ1) is 8.86. The van der Waals surface area contributed by atoms with Crippen LogP contribution in [0.25, 0.3) is 0 Å². The molecule has 0 spiro atoms. The van der Waals surface area contributed by atoms with E-state index in [0.29, 0.717) is 6.61 Å². The number of ether oxygens (including phenoxy) is 1. The summed E-state index contributed by atoms with van der Waals surface area (Å²) in [6.45, 7) is 4.29. The zero-order chi connectivity index (χ0) is 12.8. The third-order valence-electron chi connectivity index (χ3n) is 3.29. The van der Waals surface area contributed by atoms with E-state index in [1.807, 2.05) is 24.3 Å². The van der Waals surface area contributed by atoms with Gasteiger partial charge >= 0.3 is 0 Å². The van der Waals surface area contributed by atoms with Gasteiger partial charge < -0.3 is 10.1 Å². The highest BCUT2D eigenvalue weighted by molar-refractivity contribution is 5.33. The molecule has 1 saturated heterocycles. The zero-order valence-corrected chi connectivity index (χ0v) is 10.7. The molecule has 1 heterocycles. The molecule has 1 atom stereocenters. The number of hydrogen-bond donors (Lipinski definition) is 1. The molecule has 1 aliphatic rings. The molecule has 0 radical (unpaired) electrons. The lowest BCUT2D eigenvalue weighted by Crippen LogP contribution is -2.45. The molecule has 1 aromatic carbocycles. The van der Waals surface area contributed by atoms with E-state index in [1.165, 1.54) is 0 Å². The summed E-state index contributed by atoms with van der Waals surface area (Å²) in [5.74, 6) is 0. The van der Waals surface area contributed by atoms with Gasteiger partial charge in [-0.1, -0.05) is 24.3 Å². The van der Waals surface area contributed by atoms with Gasteiger partial charge in [0.05, 0.1) is 12.7 Å². The molecule has 0 saturated carbocycles. The van der Waals surface area contributed by atoms with Gasteiger partial charge in [-0.2, -0.15) is 5.26 Å². The van der Waals surface area contributed by atoms with Gasteiger partial charge in [-0.15, -0.1) is 0 Å². The lowest BCUT2D eigenvalue weighted by molar-refractivity contribution is 0.177. The predicted molar refractivity (Wildman–Crippen MR) is 70.0 cm³/mol. The molecule has 1 fully saturated rings. The molecular formula is C14H19N3O. The van der Waals surface area contributed by atoms with E-state index in [4.69, 9.17) is 4.74 Å². The van der Waals surface area contributed by atoms with Crippen LogP contribution in [0.4, 0.5) is 0 Å². The Labute approximate surface area is 108 Å². The minimum atomic E-state index is -0.168. The first kappa shape index (κ1) is 13.0. The Kier molecular flexibility index (Phi) is 4.71. The van der Waals surface area contributed by atoms with Gasteiger partial charge in [-0.05, 0) is 11.1 Å². The summed E-state index contributed by atoms with van der Waals surface area (Å²) in [6.07, 6.45) is 0. The second-order valence-electron chi connectivity index (χ2n) is 4.45. The number of nitriles is 1. The van der Waals surface area contributed by atoms with Crippen LogP contribution in [0.1, 0.15) is 17.2 Å². The average molecular weight is 245 g/mol. The molecule has 0 aliphatic carbocycles. The number of nitrogens with one attached hydrogen (secondary N) is 1. The first-order valence-electron chi connectivity index (χ1n) is 6.28. The van der Waals surface area contributed by atoms with Crippen molar-refractivity contribution in [1.29, 1.82) is 5.26 Å². The number of benzene rings is 1. The Morgan fingerprint density at radius 1 is 1.39 bits per heavy atom. The fraction of sp³-hybridized carbons (Fsp3) is 0.500. The van der Waals surface area contributed by atoms with Crippen LogP contribution in [0.15, 0.2) is 24.3 Å². The quantitative estimate of drug-likeness (QED) is 0.868. The SMILES string of the molecule is COCc1ccccc1C(C#N)N1CCNCC1. The van der Waals surface area contributed by atoms with E-state index < -0.39 is 0 Å². The lowest BCUT2D eigenvalue weighted by Gasteiger charge is -2.32. The standard InChI is InChI=1S/C14H19N3O/c1-18-11-12-4-2-3-5-13(12)14(10-15)17-8-6-16-7-9-17/h2-5,14,16H,6-9,11H2,1H3. The third kappa shape index (κ3) is 2.88. The molecule has 1 unspecified atom stereocenters. The van der Waals surface area contributed by atoms with Crippen LogP contribution in [0.5, 0.6) is 0 Å². The zero-order valence-electron chi connectivity index (χ0n) is 10.7. The average Bonchev–Trinajstić information content (AvgIpc) is 2.43. The smallest absolute Gasteiger partial charge is 0.124 e. The Morgan fingerprint density at radius 2 is 2.11 bits per heavy atom. The van der Waals surface area contributed by atoms with Gasteiger partial charge in [0.1, 0.15) is 6.04 Å². The number of rotatable bonds is 4. The summed E-state index contributed by atoms with van der Waals surface area (Å²) in [6, 6.07) is 10.3. The number of methoxy groups -OCH3 is 1. The van der Waals surface area contributed by atoms with Crippen molar-refractivity contribution >= 4 is 0 Å².